The predicted molar refractivity (Wildman–Crippen MR) is 45.6 cm³/mol. The first kappa shape index (κ1) is 8.73. The van der Waals surface area contributed by atoms with E-state index in [1.807, 2.05) is 13.8 Å². The lowest BCUT2D eigenvalue weighted by Crippen LogP contribution is -2.11. The van der Waals surface area contributed by atoms with Crippen LogP contribution in [0.3, 0.4) is 0 Å². The van der Waals surface area contributed by atoms with E-state index in [2.05, 4.69) is 15.4 Å². The van der Waals surface area contributed by atoms with Crippen LogP contribution in [0.2, 0.25) is 0 Å². The van der Waals surface area contributed by atoms with Crippen molar-refractivity contribution < 1.29 is 4.74 Å². The van der Waals surface area contributed by atoms with Crippen molar-refractivity contribution in [2.75, 3.05) is 5.43 Å². The Kier molecular flexibility index (Phi) is 2.82. The van der Waals surface area contributed by atoms with Crippen molar-refractivity contribution in [2.24, 2.45) is 5.84 Å². The smallest absolute Gasteiger partial charge is 0.218 e. The maximum atomic E-state index is 5.31. The fraction of sp³-hybridized carbons (Fsp3) is 0.429. The van der Waals surface area contributed by atoms with Gasteiger partial charge in [0.2, 0.25) is 5.88 Å². The van der Waals surface area contributed by atoms with Crippen molar-refractivity contribution in [1.82, 2.24) is 9.97 Å². The fourth-order valence-electron chi connectivity index (χ4n) is 0.724. The van der Waals surface area contributed by atoms with E-state index < -0.39 is 0 Å². The zero-order valence-electron chi connectivity index (χ0n) is 7.11. The summed E-state index contributed by atoms with van der Waals surface area (Å²) in [6.45, 7) is 3.86. The van der Waals surface area contributed by atoms with E-state index in [-0.39, 0.29) is 6.10 Å². The first-order valence-corrected chi connectivity index (χ1v) is 3.67. The standard InChI is InChI=1S/C7H12N4O/c1-5(2)12-7-3-6(11-8)9-4-10-7/h3-5H,8H2,1-2H3,(H,9,10,11). The second-order valence-corrected chi connectivity index (χ2v) is 2.55. The minimum absolute atomic E-state index is 0.102. The molecule has 0 bridgehead atoms. The van der Waals surface area contributed by atoms with E-state index in [9.17, 15) is 0 Å². The van der Waals surface area contributed by atoms with Crippen molar-refractivity contribution in [3.05, 3.63) is 12.4 Å². The molecule has 0 saturated carbocycles. The van der Waals surface area contributed by atoms with Crippen LogP contribution in [0.1, 0.15) is 13.8 Å². The van der Waals surface area contributed by atoms with Gasteiger partial charge in [-0.3, -0.25) is 0 Å². The van der Waals surface area contributed by atoms with Gasteiger partial charge in [0.1, 0.15) is 12.1 Å². The highest BCUT2D eigenvalue weighted by atomic mass is 16.5. The van der Waals surface area contributed by atoms with Gasteiger partial charge < -0.3 is 10.2 Å². The minimum Gasteiger partial charge on any atom is -0.475 e. The van der Waals surface area contributed by atoms with Crippen molar-refractivity contribution in [2.45, 2.75) is 20.0 Å². The number of nitrogens with one attached hydrogen (secondary N) is 1. The topological polar surface area (TPSA) is 73.1 Å². The van der Waals surface area contributed by atoms with Gasteiger partial charge in [0.25, 0.3) is 0 Å². The third-order valence-corrected chi connectivity index (χ3v) is 1.15. The average Bonchev–Trinajstić information content (AvgIpc) is 2.03. The van der Waals surface area contributed by atoms with Crippen molar-refractivity contribution in [3.8, 4) is 5.88 Å². The van der Waals surface area contributed by atoms with Gasteiger partial charge in [-0.25, -0.2) is 15.8 Å². The summed E-state index contributed by atoms with van der Waals surface area (Å²) in [4.78, 5) is 7.74. The molecular weight excluding hydrogens is 156 g/mol. The van der Waals surface area contributed by atoms with Gasteiger partial charge in [-0.05, 0) is 13.8 Å². The van der Waals surface area contributed by atoms with Crippen LogP contribution in [0, 0.1) is 0 Å². The van der Waals surface area contributed by atoms with Gasteiger partial charge in [-0.2, -0.15) is 0 Å². The summed E-state index contributed by atoms with van der Waals surface area (Å²) in [6, 6.07) is 1.64. The number of nitrogen functional groups attached to an aromatic ring is 1. The molecule has 0 atom stereocenters. The van der Waals surface area contributed by atoms with E-state index in [4.69, 9.17) is 10.6 Å². The molecule has 0 aromatic carbocycles. The zero-order valence-corrected chi connectivity index (χ0v) is 7.11. The van der Waals surface area contributed by atoms with Crippen LogP contribution in [0.25, 0.3) is 0 Å². The molecule has 1 aromatic rings. The van der Waals surface area contributed by atoms with Crippen LogP contribution in [0.15, 0.2) is 12.4 Å². The molecule has 0 fully saturated rings. The number of nitrogens with two attached hydrogens (primary N) is 1. The molecule has 3 N–H and O–H groups in total. The third kappa shape index (κ3) is 2.35. The number of hydrogen-bond donors (Lipinski definition) is 2. The van der Waals surface area contributed by atoms with E-state index in [0.29, 0.717) is 11.7 Å². The van der Waals surface area contributed by atoms with Gasteiger partial charge in [0.15, 0.2) is 0 Å². The Hall–Kier alpha value is -1.36. The summed E-state index contributed by atoms with van der Waals surface area (Å²) in [6.07, 6.45) is 1.50. The van der Waals surface area contributed by atoms with Crippen LogP contribution >= 0.6 is 0 Å². The Bertz CT molecular complexity index is 251. The maximum absolute atomic E-state index is 5.31. The zero-order chi connectivity index (χ0) is 8.97. The second kappa shape index (κ2) is 3.87. The van der Waals surface area contributed by atoms with Gasteiger partial charge in [0, 0.05) is 6.07 Å². The second-order valence-electron chi connectivity index (χ2n) is 2.55. The first-order chi connectivity index (χ1) is 5.72. The highest BCUT2D eigenvalue weighted by molar-refractivity contribution is 5.35. The molecule has 1 rings (SSSR count). The molecular formula is C7H12N4O. The number of ether oxygens (including phenoxy) is 1. The molecule has 0 aliphatic rings. The summed E-state index contributed by atoms with van der Waals surface area (Å²) in [5.41, 5.74) is 2.41. The van der Waals surface area contributed by atoms with Crippen molar-refractivity contribution in [1.29, 1.82) is 0 Å². The summed E-state index contributed by atoms with van der Waals surface area (Å²) < 4.78 is 5.31. The molecule has 0 aliphatic carbocycles. The molecule has 0 spiro atoms. The summed E-state index contributed by atoms with van der Waals surface area (Å²) in [7, 11) is 0. The number of nitrogens with zero attached hydrogens (tertiary/aromatic N) is 2. The Balaban J connectivity index is 2.72. The first-order valence-electron chi connectivity index (χ1n) is 3.67. The molecule has 5 heteroatoms. The molecule has 0 unspecified atom stereocenters. The van der Waals surface area contributed by atoms with Crippen LogP contribution in [-0.2, 0) is 0 Å². The van der Waals surface area contributed by atoms with Crippen LogP contribution in [-0.4, -0.2) is 16.1 Å². The molecule has 0 aliphatic heterocycles. The number of hydrogen-bond acceptors (Lipinski definition) is 5. The molecule has 12 heavy (non-hydrogen) atoms. The Morgan fingerprint density at radius 1 is 1.50 bits per heavy atom. The average molecular weight is 168 g/mol. The summed E-state index contributed by atoms with van der Waals surface area (Å²) in [5.74, 6) is 6.22. The van der Waals surface area contributed by atoms with Crippen LogP contribution < -0.4 is 16.0 Å². The van der Waals surface area contributed by atoms with Crippen molar-refractivity contribution >= 4 is 5.82 Å². The summed E-state index contributed by atoms with van der Waals surface area (Å²) >= 11 is 0. The Morgan fingerprint density at radius 3 is 2.83 bits per heavy atom. The normalized spacial score (nSPS) is 10.0. The molecule has 0 radical (unpaired) electrons. The predicted octanol–water partition coefficient (Wildman–Crippen LogP) is 0.549. The van der Waals surface area contributed by atoms with Gasteiger partial charge in [-0.1, -0.05) is 0 Å². The quantitative estimate of drug-likeness (QED) is 0.509. The lowest BCUT2D eigenvalue weighted by Gasteiger charge is -2.08. The van der Waals surface area contributed by atoms with Crippen molar-refractivity contribution in [3.63, 3.8) is 0 Å². The summed E-state index contributed by atoms with van der Waals surface area (Å²) in [5, 5.41) is 0. The molecule has 66 valence electrons. The lowest BCUT2D eigenvalue weighted by molar-refractivity contribution is 0.232. The Labute approximate surface area is 70.9 Å². The molecule has 0 amide bonds. The van der Waals surface area contributed by atoms with Crippen LogP contribution in [0.5, 0.6) is 5.88 Å². The Morgan fingerprint density at radius 2 is 2.25 bits per heavy atom. The number of anilines is 1. The van der Waals surface area contributed by atoms with E-state index in [0.717, 1.165) is 0 Å². The van der Waals surface area contributed by atoms with Gasteiger partial charge >= 0.3 is 0 Å². The van der Waals surface area contributed by atoms with Gasteiger partial charge in [0.05, 0.1) is 6.10 Å². The largest absolute Gasteiger partial charge is 0.475 e. The fourth-order valence-corrected chi connectivity index (χ4v) is 0.724. The molecule has 0 saturated heterocycles. The molecule has 1 heterocycles. The SMILES string of the molecule is CC(C)Oc1cc(NN)ncn1. The lowest BCUT2D eigenvalue weighted by atomic mass is 10.5. The van der Waals surface area contributed by atoms with E-state index in [1.54, 1.807) is 6.07 Å². The number of rotatable bonds is 3. The minimum atomic E-state index is 0.102. The van der Waals surface area contributed by atoms with Crippen LogP contribution in [0.4, 0.5) is 5.82 Å². The van der Waals surface area contributed by atoms with Gasteiger partial charge in [-0.15, -0.1) is 0 Å². The van der Waals surface area contributed by atoms with E-state index >= 15 is 0 Å². The highest BCUT2D eigenvalue weighted by Crippen LogP contribution is 2.10. The molecule has 5 nitrogen and oxygen atoms in total. The number of hydrazine groups is 1. The number of aromatic nitrogens is 2. The monoisotopic (exact) mass is 168 g/mol. The maximum Gasteiger partial charge on any atom is 0.218 e. The highest BCUT2D eigenvalue weighted by Gasteiger charge is 1.99. The molecule has 1 aromatic heterocycles. The third-order valence-electron chi connectivity index (χ3n) is 1.15. The van der Waals surface area contributed by atoms with E-state index in [1.165, 1.54) is 6.33 Å².